The molecule has 2 aromatic rings. The molecule has 0 unspecified atom stereocenters. The summed E-state index contributed by atoms with van der Waals surface area (Å²) in [6, 6.07) is 9.19. The predicted molar refractivity (Wildman–Crippen MR) is 114 cm³/mol. The van der Waals surface area contributed by atoms with E-state index in [2.05, 4.69) is 20.9 Å². The number of aliphatic imine (C=N–C) groups is 1. The van der Waals surface area contributed by atoms with E-state index in [4.69, 9.17) is 14.2 Å². The summed E-state index contributed by atoms with van der Waals surface area (Å²) in [4.78, 5) is 16.6. The second-order valence-electron chi connectivity index (χ2n) is 6.14. The van der Waals surface area contributed by atoms with Crippen LogP contribution in [0.3, 0.4) is 0 Å². The Hall–Kier alpha value is -3.49. The normalized spacial score (nSPS) is 10.9. The highest BCUT2D eigenvalue weighted by atomic mass is 19.1. The Kier molecular flexibility index (Phi) is 8.74. The monoisotopic (exact) mass is 418 g/mol. The Morgan fingerprint density at radius 2 is 1.63 bits per heavy atom. The Bertz CT molecular complexity index is 847. The average Bonchev–Trinajstić information content (AvgIpc) is 2.76. The molecule has 0 radical (unpaired) electrons. The molecule has 9 heteroatoms. The maximum absolute atomic E-state index is 13.0. The van der Waals surface area contributed by atoms with Crippen molar-refractivity contribution in [2.24, 2.45) is 4.99 Å². The maximum Gasteiger partial charge on any atom is 0.243 e. The van der Waals surface area contributed by atoms with Gasteiger partial charge in [-0.05, 0) is 48.9 Å². The summed E-state index contributed by atoms with van der Waals surface area (Å²) in [5, 5.41) is 8.73. The number of halogens is 1. The fourth-order valence-electron chi connectivity index (χ4n) is 2.64. The van der Waals surface area contributed by atoms with Crippen LogP contribution in [0.4, 0.5) is 10.1 Å². The van der Waals surface area contributed by atoms with Crippen LogP contribution in [0, 0.1) is 5.82 Å². The van der Waals surface area contributed by atoms with E-state index in [1.807, 2.05) is 19.1 Å². The van der Waals surface area contributed by atoms with Gasteiger partial charge in [0.15, 0.2) is 17.5 Å². The van der Waals surface area contributed by atoms with Crippen LogP contribution in [-0.2, 0) is 11.3 Å². The number of methoxy groups -OCH3 is 3. The fraction of sp³-hybridized carbons (Fsp3) is 0.333. The van der Waals surface area contributed by atoms with Crippen molar-refractivity contribution < 1.29 is 23.4 Å². The number of carbonyl (C=O) groups excluding carboxylic acids is 1. The van der Waals surface area contributed by atoms with E-state index in [9.17, 15) is 9.18 Å². The zero-order valence-electron chi connectivity index (χ0n) is 17.5. The number of rotatable bonds is 9. The topological polar surface area (TPSA) is 93.2 Å². The van der Waals surface area contributed by atoms with Crippen molar-refractivity contribution in [1.82, 2.24) is 10.6 Å². The van der Waals surface area contributed by atoms with Crippen molar-refractivity contribution in [3.8, 4) is 17.2 Å². The summed E-state index contributed by atoms with van der Waals surface area (Å²) in [6.45, 7) is 2.87. The summed E-state index contributed by atoms with van der Waals surface area (Å²) in [7, 11) is 4.65. The number of amides is 1. The van der Waals surface area contributed by atoms with Crippen LogP contribution in [0.25, 0.3) is 0 Å². The molecule has 0 bridgehead atoms. The largest absolute Gasteiger partial charge is 0.493 e. The highest BCUT2D eigenvalue weighted by Gasteiger charge is 2.13. The Morgan fingerprint density at radius 1 is 1.00 bits per heavy atom. The van der Waals surface area contributed by atoms with Crippen molar-refractivity contribution in [2.45, 2.75) is 13.5 Å². The summed E-state index contributed by atoms with van der Waals surface area (Å²) in [6.07, 6.45) is 0. The zero-order chi connectivity index (χ0) is 21.9. The van der Waals surface area contributed by atoms with E-state index in [0.717, 1.165) is 5.56 Å². The van der Waals surface area contributed by atoms with Crippen molar-refractivity contribution in [2.75, 3.05) is 39.7 Å². The van der Waals surface area contributed by atoms with Gasteiger partial charge in [0.2, 0.25) is 11.7 Å². The highest BCUT2D eigenvalue weighted by Crippen LogP contribution is 2.38. The van der Waals surface area contributed by atoms with Gasteiger partial charge < -0.3 is 30.2 Å². The lowest BCUT2D eigenvalue weighted by Gasteiger charge is -2.14. The molecular formula is C21H27FN4O4. The van der Waals surface area contributed by atoms with Gasteiger partial charge >= 0.3 is 0 Å². The van der Waals surface area contributed by atoms with Gasteiger partial charge in [-0.15, -0.1) is 0 Å². The van der Waals surface area contributed by atoms with Gasteiger partial charge in [-0.1, -0.05) is 0 Å². The van der Waals surface area contributed by atoms with Crippen LogP contribution >= 0.6 is 0 Å². The summed E-state index contributed by atoms with van der Waals surface area (Å²) in [5.41, 5.74) is 1.36. The van der Waals surface area contributed by atoms with Crippen LogP contribution in [0.5, 0.6) is 17.2 Å². The molecular weight excluding hydrogens is 391 g/mol. The molecule has 8 nitrogen and oxygen atoms in total. The molecule has 30 heavy (non-hydrogen) atoms. The molecule has 0 spiro atoms. The Morgan fingerprint density at radius 3 is 2.17 bits per heavy atom. The first kappa shape index (κ1) is 22.8. The summed E-state index contributed by atoms with van der Waals surface area (Å²) < 4.78 is 29.0. The number of nitrogens with zero attached hydrogens (tertiary/aromatic N) is 1. The molecule has 2 rings (SSSR count). The second kappa shape index (κ2) is 11.5. The van der Waals surface area contributed by atoms with Gasteiger partial charge in [-0.25, -0.2) is 9.38 Å². The fourth-order valence-corrected chi connectivity index (χ4v) is 2.64. The van der Waals surface area contributed by atoms with Crippen molar-refractivity contribution in [3.63, 3.8) is 0 Å². The van der Waals surface area contributed by atoms with Gasteiger partial charge in [0.1, 0.15) is 5.82 Å². The van der Waals surface area contributed by atoms with Crippen LogP contribution in [-0.4, -0.2) is 46.3 Å². The Labute approximate surface area is 175 Å². The van der Waals surface area contributed by atoms with Crippen LogP contribution in [0.15, 0.2) is 41.4 Å². The first-order valence-corrected chi connectivity index (χ1v) is 9.37. The smallest absolute Gasteiger partial charge is 0.243 e. The van der Waals surface area contributed by atoms with Crippen LogP contribution in [0.2, 0.25) is 0 Å². The molecule has 0 heterocycles. The highest BCUT2D eigenvalue weighted by molar-refractivity contribution is 5.94. The van der Waals surface area contributed by atoms with Gasteiger partial charge in [0, 0.05) is 12.2 Å². The molecule has 162 valence electrons. The average molecular weight is 418 g/mol. The van der Waals surface area contributed by atoms with Gasteiger partial charge in [-0.3, -0.25) is 4.79 Å². The molecule has 0 aliphatic carbocycles. The third kappa shape index (κ3) is 6.54. The SMILES string of the molecule is CCNC(=NCc1cc(OC)c(OC)c(OC)c1)NCC(=O)Nc1ccc(F)cc1. The maximum atomic E-state index is 13.0. The molecule has 0 atom stereocenters. The van der Waals surface area contributed by atoms with Crippen molar-refractivity contribution >= 4 is 17.6 Å². The minimum absolute atomic E-state index is 0.00152. The molecule has 0 aliphatic heterocycles. The molecule has 2 aromatic carbocycles. The predicted octanol–water partition coefficient (Wildman–Crippen LogP) is 2.55. The zero-order valence-corrected chi connectivity index (χ0v) is 17.5. The third-order valence-corrected chi connectivity index (χ3v) is 4.03. The van der Waals surface area contributed by atoms with E-state index < -0.39 is 0 Å². The quantitative estimate of drug-likeness (QED) is 0.428. The molecule has 0 aromatic heterocycles. The molecule has 3 N–H and O–H groups in total. The summed E-state index contributed by atoms with van der Waals surface area (Å²) >= 11 is 0. The summed E-state index contributed by atoms with van der Waals surface area (Å²) in [5.74, 6) is 1.42. The standard InChI is InChI=1S/C21H27FN4O4/c1-5-23-21(25-13-19(27)26-16-8-6-15(22)7-9-16)24-12-14-10-17(28-2)20(30-4)18(11-14)29-3/h6-11H,5,12-13H2,1-4H3,(H,26,27)(H2,23,24,25). The number of hydrogen-bond donors (Lipinski definition) is 3. The number of benzene rings is 2. The lowest BCUT2D eigenvalue weighted by Crippen LogP contribution is -2.41. The van der Waals surface area contributed by atoms with E-state index in [1.165, 1.54) is 24.3 Å². The van der Waals surface area contributed by atoms with Gasteiger partial charge in [-0.2, -0.15) is 0 Å². The van der Waals surface area contributed by atoms with E-state index in [-0.39, 0.29) is 18.3 Å². The number of ether oxygens (including phenoxy) is 3. The number of anilines is 1. The number of guanidine groups is 1. The van der Waals surface area contributed by atoms with E-state index in [1.54, 1.807) is 21.3 Å². The minimum Gasteiger partial charge on any atom is -0.493 e. The molecule has 1 amide bonds. The first-order valence-electron chi connectivity index (χ1n) is 9.37. The van der Waals surface area contributed by atoms with Gasteiger partial charge in [0.05, 0.1) is 34.4 Å². The molecule has 0 fully saturated rings. The number of carbonyl (C=O) groups is 1. The first-order chi connectivity index (χ1) is 14.5. The lowest BCUT2D eigenvalue weighted by atomic mass is 10.2. The number of nitrogens with one attached hydrogen (secondary N) is 3. The van der Waals surface area contributed by atoms with Gasteiger partial charge in [0.25, 0.3) is 0 Å². The van der Waals surface area contributed by atoms with E-state index >= 15 is 0 Å². The van der Waals surface area contributed by atoms with Crippen molar-refractivity contribution in [1.29, 1.82) is 0 Å². The third-order valence-electron chi connectivity index (χ3n) is 4.03. The second-order valence-corrected chi connectivity index (χ2v) is 6.14. The lowest BCUT2D eigenvalue weighted by molar-refractivity contribution is -0.115. The van der Waals surface area contributed by atoms with Crippen LogP contribution in [0.1, 0.15) is 12.5 Å². The van der Waals surface area contributed by atoms with Crippen molar-refractivity contribution in [3.05, 3.63) is 47.8 Å². The molecule has 0 saturated heterocycles. The molecule has 0 aliphatic rings. The Balaban J connectivity index is 2.03. The van der Waals surface area contributed by atoms with E-state index in [0.29, 0.717) is 42.0 Å². The number of hydrogen-bond acceptors (Lipinski definition) is 5. The van der Waals surface area contributed by atoms with Crippen LogP contribution < -0.4 is 30.2 Å². The molecule has 0 saturated carbocycles. The minimum atomic E-state index is -0.362.